The molecule has 0 aliphatic carbocycles. The number of rotatable bonds is 4. The Hall–Kier alpha value is -0.570. The molecule has 3 heteroatoms. The van der Waals surface area contributed by atoms with Gasteiger partial charge in [0.2, 0.25) is 0 Å². The Bertz CT molecular complexity index is 124. The van der Waals surface area contributed by atoms with Crippen LogP contribution < -0.4 is 5.32 Å². The first-order chi connectivity index (χ1) is 6.13. The van der Waals surface area contributed by atoms with Crippen LogP contribution in [0.3, 0.4) is 0 Å². The molecule has 0 rings (SSSR count). The number of nitrogens with one attached hydrogen (secondary N) is 1. The molecule has 13 heavy (non-hydrogen) atoms. The van der Waals surface area contributed by atoms with Crippen molar-refractivity contribution in [2.75, 3.05) is 13.7 Å². The number of carbonyl (C=O) groups excluding carboxylic acids is 1. The van der Waals surface area contributed by atoms with Crippen LogP contribution in [0.1, 0.15) is 34.6 Å². The predicted molar refractivity (Wildman–Crippen MR) is 55.7 cm³/mol. The topological polar surface area (TPSA) is 38.3 Å². The molecular formula is C10H23NO2. The number of hydrogen-bond acceptors (Lipinski definition) is 3. The Morgan fingerprint density at radius 2 is 1.85 bits per heavy atom. The minimum Gasteiger partial charge on any atom is -0.468 e. The lowest BCUT2D eigenvalue weighted by Crippen LogP contribution is -2.41. The van der Waals surface area contributed by atoms with Crippen molar-refractivity contribution in [2.45, 2.75) is 40.7 Å². The summed E-state index contributed by atoms with van der Waals surface area (Å²) in [6.07, 6.45) is 0. The third-order valence-corrected chi connectivity index (χ3v) is 1.55. The van der Waals surface area contributed by atoms with E-state index in [0.717, 1.165) is 6.54 Å². The van der Waals surface area contributed by atoms with Gasteiger partial charge in [-0.15, -0.1) is 0 Å². The maximum absolute atomic E-state index is 11.1. The van der Waals surface area contributed by atoms with Gasteiger partial charge in [0.25, 0.3) is 0 Å². The van der Waals surface area contributed by atoms with Gasteiger partial charge in [0.15, 0.2) is 0 Å². The molecule has 1 N–H and O–H groups in total. The highest BCUT2D eigenvalue weighted by Crippen LogP contribution is 2.02. The van der Waals surface area contributed by atoms with Crippen LogP contribution in [-0.2, 0) is 9.53 Å². The van der Waals surface area contributed by atoms with E-state index in [4.69, 9.17) is 0 Å². The van der Waals surface area contributed by atoms with Gasteiger partial charge in [-0.05, 0) is 12.5 Å². The zero-order chi connectivity index (χ0) is 10.9. The van der Waals surface area contributed by atoms with E-state index in [-0.39, 0.29) is 17.9 Å². The SMILES string of the molecule is CC.CCNC(C(=O)OC)C(C)C. The molecule has 0 aromatic carbocycles. The van der Waals surface area contributed by atoms with Gasteiger partial charge in [-0.25, -0.2) is 0 Å². The summed E-state index contributed by atoms with van der Waals surface area (Å²) in [5.41, 5.74) is 0. The molecule has 0 amide bonds. The van der Waals surface area contributed by atoms with Crippen molar-refractivity contribution in [3.05, 3.63) is 0 Å². The zero-order valence-corrected chi connectivity index (χ0v) is 9.68. The van der Waals surface area contributed by atoms with Crippen LogP contribution in [0.25, 0.3) is 0 Å². The number of methoxy groups -OCH3 is 1. The summed E-state index contributed by atoms with van der Waals surface area (Å²) in [6, 6.07) is -0.162. The van der Waals surface area contributed by atoms with Crippen molar-refractivity contribution < 1.29 is 9.53 Å². The average molecular weight is 189 g/mol. The third kappa shape index (κ3) is 6.58. The summed E-state index contributed by atoms with van der Waals surface area (Å²) in [6.45, 7) is 10.7. The molecule has 1 atom stereocenters. The van der Waals surface area contributed by atoms with Crippen molar-refractivity contribution in [3.63, 3.8) is 0 Å². The van der Waals surface area contributed by atoms with Crippen molar-refractivity contribution >= 4 is 5.97 Å². The molecule has 0 bridgehead atoms. The van der Waals surface area contributed by atoms with Crippen LogP contribution in [0.2, 0.25) is 0 Å². The van der Waals surface area contributed by atoms with Gasteiger partial charge >= 0.3 is 5.97 Å². The summed E-state index contributed by atoms with van der Waals surface area (Å²) in [5, 5.41) is 3.06. The third-order valence-electron chi connectivity index (χ3n) is 1.55. The van der Waals surface area contributed by atoms with Gasteiger partial charge in [0.05, 0.1) is 7.11 Å². The van der Waals surface area contributed by atoms with Crippen LogP contribution in [0.4, 0.5) is 0 Å². The first-order valence-corrected chi connectivity index (χ1v) is 4.94. The Morgan fingerprint density at radius 1 is 1.38 bits per heavy atom. The highest BCUT2D eigenvalue weighted by Gasteiger charge is 2.20. The van der Waals surface area contributed by atoms with Crippen LogP contribution in [0.15, 0.2) is 0 Å². The summed E-state index contributed by atoms with van der Waals surface area (Å²) < 4.78 is 4.62. The summed E-state index contributed by atoms with van der Waals surface area (Å²) in [5.74, 6) is 0.101. The van der Waals surface area contributed by atoms with Crippen LogP contribution in [0, 0.1) is 5.92 Å². The Balaban J connectivity index is 0. The molecule has 0 heterocycles. The minimum atomic E-state index is -0.179. The number of carbonyl (C=O) groups is 1. The van der Waals surface area contributed by atoms with E-state index in [1.54, 1.807) is 0 Å². The summed E-state index contributed by atoms with van der Waals surface area (Å²) >= 11 is 0. The van der Waals surface area contributed by atoms with Gasteiger partial charge < -0.3 is 10.1 Å². The van der Waals surface area contributed by atoms with E-state index in [2.05, 4.69) is 10.1 Å². The fraction of sp³-hybridized carbons (Fsp3) is 0.900. The van der Waals surface area contributed by atoms with E-state index in [1.165, 1.54) is 7.11 Å². The number of likely N-dealkylation sites (N-methyl/N-ethyl adjacent to an activating group) is 1. The van der Waals surface area contributed by atoms with Gasteiger partial charge in [-0.3, -0.25) is 4.79 Å². The minimum absolute atomic E-state index is 0.162. The zero-order valence-electron chi connectivity index (χ0n) is 9.68. The van der Waals surface area contributed by atoms with Crippen molar-refractivity contribution in [1.82, 2.24) is 5.32 Å². The Kier molecular flexibility index (Phi) is 10.9. The smallest absolute Gasteiger partial charge is 0.323 e. The second-order valence-corrected chi connectivity index (χ2v) is 2.80. The fourth-order valence-corrected chi connectivity index (χ4v) is 0.938. The molecule has 0 fully saturated rings. The van der Waals surface area contributed by atoms with Crippen molar-refractivity contribution in [3.8, 4) is 0 Å². The second-order valence-electron chi connectivity index (χ2n) is 2.80. The largest absolute Gasteiger partial charge is 0.468 e. The van der Waals surface area contributed by atoms with E-state index >= 15 is 0 Å². The van der Waals surface area contributed by atoms with Gasteiger partial charge in [-0.2, -0.15) is 0 Å². The lowest BCUT2D eigenvalue weighted by molar-refractivity contribution is -0.144. The summed E-state index contributed by atoms with van der Waals surface area (Å²) in [7, 11) is 1.41. The molecule has 0 aliphatic rings. The average Bonchev–Trinajstić information content (AvgIpc) is 2.15. The molecule has 0 aromatic heterocycles. The van der Waals surface area contributed by atoms with Crippen LogP contribution >= 0.6 is 0 Å². The van der Waals surface area contributed by atoms with Gasteiger partial charge in [-0.1, -0.05) is 34.6 Å². The normalized spacial score (nSPS) is 11.6. The molecule has 0 saturated heterocycles. The summed E-state index contributed by atoms with van der Waals surface area (Å²) in [4.78, 5) is 11.1. The standard InChI is InChI=1S/C8H17NO2.C2H6/c1-5-9-7(6(2)3)8(10)11-4;1-2/h6-7,9H,5H2,1-4H3;1-2H3. The van der Waals surface area contributed by atoms with Crippen LogP contribution in [0.5, 0.6) is 0 Å². The highest BCUT2D eigenvalue weighted by molar-refractivity contribution is 5.75. The van der Waals surface area contributed by atoms with E-state index in [1.807, 2.05) is 34.6 Å². The molecule has 0 spiro atoms. The first kappa shape index (κ1) is 14.9. The number of ether oxygens (including phenoxy) is 1. The molecule has 0 saturated carbocycles. The lowest BCUT2D eigenvalue weighted by atomic mass is 10.1. The van der Waals surface area contributed by atoms with Crippen molar-refractivity contribution in [1.29, 1.82) is 0 Å². The quantitative estimate of drug-likeness (QED) is 0.686. The highest BCUT2D eigenvalue weighted by atomic mass is 16.5. The molecule has 1 unspecified atom stereocenters. The molecular weight excluding hydrogens is 166 g/mol. The molecule has 0 aromatic rings. The molecule has 0 radical (unpaired) electrons. The predicted octanol–water partition coefficient (Wildman–Crippen LogP) is 1.82. The van der Waals surface area contributed by atoms with Crippen LogP contribution in [-0.4, -0.2) is 25.7 Å². The van der Waals surface area contributed by atoms with E-state index < -0.39 is 0 Å². The molecule has 80 valence electrons. The Labute approximate surface area is 81.9 Å². The number of esters is 1. The monoisotopic (exact) mass is 189 g/mol. The van der Waals surface area contributed by atoms with E-state index in [9.17, 15) is 4.79 Å². The number of hydrogen-bond donors (Lipinski definition) is 1. The fourth-order valence-electron chi connectivity index (χ4n) is 0.938. The molecule has 3 nitrogen and oxygen atoms in total. The van der Waals surface area contributed by atoms with Crippen molar-refractivity contribution in [2.24, 2.45) is 5.92 Å². The van der Waals surface area contributed by atoms with Gasteiger partial charge in [0.1, 0.15) is 6.04 Å². The van der Waals surface area contributed by atoms with Gasteiger partial charge in [0, 0.05) is 0 Å². The maximum Gasteiger partial charge on any atom is 0.323 e. The Morgan fingerprint density at radius 3 is 2.08 bits per heavy atom. The maximum atomic E-state index is 11.1. The molecule has 0 aliphatic heterocycles. The lowest BCUT2D eigenvalue weighted by Gasteiger charge is -2.18. The first-order valence-electron chi connectivity index (χ1n) is 4.94. The second kappa shape index (κ2) is 9.52. The van der Waals surface area contributed by atoms with E-state index in [0.29, 0.717) is 0 Å².